The first-order valence-corrected chi connectivity index (χ1v) is 10.1. The van der Waals surface area contributed by atoms with Crippen molar-refractivity contribution in [1.29, 1.82) is 0 Å². The fraction of sp³-hybridized carbons (Fsp3) is 0.143. The number of benzene rings is 2. The second kappa shape index (κ2) is 8.55. The molecular formula is C21H16N4O6S. The lowest BCUT2D eigenvalue weighted by molar-refractivity contribution is -0.119. The molecule has 0 saturated carbocycles. The highest BCUT2D eigenvalue weighted by Crippen LogP contribution is 2.31. The van der Waals surface area contributed by atoms with Crippen molar-refractivity contribution >= 4 is 45.8 Å². The van der Waals surface area contributed by atoms with Crippen LogP contribution in [0.2, 0.25) is 0 Å². The summed E-state index contributed by atoms with van der Waals surface area (Å²) in [4.78, 5) is 50.7. The topological polar surface area (TPSA) is 128 Å². The van der Waals surface area contributed by atoms with Crippen molar-refractivity contribution in [2.24, 2.45) is 0 Å². The summed E-state index contributed by atoms with van der Waals surface area (Å²) in [5, 5.41) is 11.0. The molecule has 3 aromatic rings. The highest BCUT2D eigenvalue weighted by Gasteiger charge is 2.39. The Morgan fingerprint density at radius 3 is 2.41 bits per heavy atom. The smallest absolute Gasteiger partial charge is 0.338 e. The van der Waals surface area contributed by atoms with Gasteiger partial charge in [-0.15, -0.1) is 10.2 Å². The predicted molar refractivity (Wildman–Crippen MR) is 114 cm³/mol. The number of anilines is 2. The first kappa shape index (κ1) is 21.1. The molecule has 0 spiro atoms. The van der Waals surface area contributed by atoms with Gasteiger partial charge in [0.05, 0.1) is 23.8 Å². The quantitative estimate of drug-likeness (QED) is 0.446. The third-order valence-corrected chi connectivity index (χ3v) is 5.36. The summed E-state index contributed by atoms with van der Waals surface area (Å²) in [6, 6.07) is 10.7. The van der Waals surface area contributed by atoms with Gasteiger partial charge in [-0.3, -0.25) is 14.4 Å². The molecule has 1 N–H and O–H groups in total. The normalized spacial score (nSPS) is 12.5. The van der Waals surface area contributed by atoms with Crippen molar-refractivity contribution in [3.8, 4) is 5.75 Å². The lowest BCUT2D eigenvalue weighted by Gasteiger charge is -2.08. The zero-order chi connectivity index (χ0) is 22.8. The largest absolute Gasteiger partial charge is 0.497 e. The van der Waals surface area contributed by atoms with E-state index in [1.54, 1.807) is 31.2 Å². The van der Waals surface area contributed by atoms with Crippen LogP contribution in [0.1, 0.15) is 36.1 Å². The number of rotatable bonds is 6. The number of imide groups is 1. The van der Waals surface area contributed by atoms with Gasteiger partial charge in [0.15, 0.2) is 6.61 Å². The zero-order valence-electron chi connectivity index (χ0n) is 16.9. The lowest BCUT2D eigenvalue weighted by atomic mass is 10.1. The minimum Gasteiger partial charge on any atom is -0.497 e. The van der Waals surface area contributed by atoms with Crippen LogP contribution in [0.5, 0.6) is 5.75 Å². The summed E-state index contributed by atoms with van der Waals surface area (Å²) in [5.74, 6) is -1.84. The van der Waals surface area contributed by atoms with Crippen LogP contribution in [0.4, 0.5) is 10.8 Å². The van der Waals surface area contributed by atoms with Crippen LogP contribution in [0.25, 0.3) is 0 Å². The maximum absolute atomic E-state index is 12.7. The monoisotopic (exact) mass is 452 g/mol. The molecule has 0 atom stereocenters. The number of esters is 1. The van der Waals surface area contributed by atoms with Gasteiger partial charge in [-0.25, -0.2) is 9.69 Å². The Morgan fingerprint density at radius 1 is 1.03 bits per heavy atom. The van der Waals surface area contributed by atoms with Gasteiger partial charge in [0.2, 0.25) is 5.13 Å². The van der Waals surface area contributed by atoms with Crippen molar-refractivity contribution in [3.63, 3.8) is 0 Å². The Balaban J connectivity index is 1.41. The van der Waals surface area contributed by atoms with Crippen LogP contribution < -0.4 is 15.0 Å². The molecule has 0 fully saturated rings. The number of hydrogen-bond donors (Lipinski definition) is 1. The number of aromatic nitrogens is 2. The molecule has 4 rings (SSSR count). The van der Waals surface area contributed by atoms with Crippen LogP contribution in [-0.4, -0.2) is 47.6 Å². The van der Waals surface area contributed by atoms with Crippen LogP contribution in [0.3, 0.4) is 0 Å². The minimum atomic E-state index is -0.803. The molecule has 3 amide bonds. The summed E-state index contributed by atoms with van der Waals surface area (Å²) in [6.07, 6.45) is 0. The molecule has 1 aromatic heterocycles. The van der Waals surface area contributed by atoms with E-state index in [1.807, 2.05) is 0 Å². The van der Waals surface area contributed by atoms with Gasteiger partial charge in [-0.05, 0) is 49.4 Å². The Morgan fingerprint density at radius 2 is 1.75 bits per heavy atom. The standard InChI is InChI=1S/C21H16N4O6S/c1-11-23-24-21(32-11)25-18(27)15-8-3-12(9-16(15)19(25)28)20(29)31-10-17(26)22-13-4-6-14(30-2)7-5-13/h3-9H,10H2,1-2H3,(H,22,26). The van der Waals surface area contributed by atoms with Gasteiger partial charge >= 0.3 is 5.97 Å². The molecule has 0 aliphatic carbocycles. The Hall–Kier alpha value is -4.12. The number of fused-ring (bicyclic) bond motifs is 1. The van der Waals surface area contributed by atoms with Crippen molar-refractivity contribution in [2.45, 2.75) is 6.92 Å². The maximum Gasteiger partial charge on any atom is 0.338 e. The van der Waals surface area contributed by atoms with E-state index >= 15 is 0 Å². The second-order valence-electron chi connectivity index (χ2n) is 6.66. The van der Waals surface area contributed by atoms with Gasteiger partial charge in [0, 0.05) is 5.69 Å². The Labute approximate surface area is 185 Å². The number of carbonyl (C=O) groups is 4. The van der Waals surface area contributed by atoms with Gasteiger partial charge in [-0.2, -0.15) is 0 Å². The van der Waals surface area contributed by atoms with E-state index < -0.39 is 30.3 Å². The second-order valence-corrected chi connectivity index (χ2v) is 7.82. The number of nitrogens with one attached hydrogen (secondary N) is 1. The fourth-order valence-electron chi connectivity index (χ4n) is 3.00. The molecule has 162 valence electrons. The van der Waals surface area contributed by atoms with Crippen molar-refractivity contribution in [1.82, 2.24) is 10.2 Å². The van der Waals surface area contributed by atoms with Crippen LogP contribution in [0.15, 0.2) is 42.5 Å². The molecule has 11 heteroatoms. The van der Waals surface area contributed by atoms with Crippen LogP contribution >= 0.6 is 11.3 Å². The third-order valence-electron chi connectivity index (χ3n) is 4.54. The average molecular weight is 452 g/mol. The van der Waals surface area contributed by atoms with E-state index in [1.165, 1.54) is 25.3 Å². The molecule has 0 unspecified atom stereocenters. The molecule has 0 radical (unpaired) electrons. The van der Waals surface area contributed by atoms with Crippen molar-refractivity contribution < 1.29 is 28.7 Å². The number of aryl methyl sites for hydroxylation is 1. The summed E-state index contributed by atoms with van der Waals surface area (Å²) in [7, 11) is 1.53. The van der Waals surface area contributed by atoms with Gasteiger partial charge < -0.3 is 14.8 Å². The molecule has 1 aliphatic heterocycles. The SMILES string of the molecule is COc1ccc(NC(=O)COC(=O)c2ccc3c(c2)C(=O)N(c2nnc(C)s2)C3=O)cc1. The molecule has 1 aliphatic rings. The molecular weight excluding hydrogens is 436 g/mol. The summed E-state index contributed by atoms with van der Waals surface area (Å²) in [5.41, 5.74) is 0.759. The van der Waals surface area contributed by atoms with Gasteiger partial charge in [0.1, 0.15) is 10.8 Å². The zero-order valence-corrected chi connectivity index (χ0v) is 17.8. The maximum atomic E-state index is 12.7. The van der Waals surface area contributed by atoms with E-state index in [-0.39, 0.29) is 21.8 Å². The number of carbonyl (C=O) groups excluding carboxylic acids is 4. The first-order valence-electron chi connectivity index (χ1n) is 9.31. The molecule has 2 aromatic carbocycles. The molecule has 32 heavy (non-hydrogen) atoms. The third kappa shape index (κ3) is 4.05. The molecule has 0 saturated heterocycles. The van der Waals surface area contributed by atoms with Gasteiger partial charge in [0.25, 0.3) is 17.7 Å². The minimum absolute atomic E-state index is 0.0393. The average Bonchev–Trinajstić information content (AvgIpc) is 3.32. The van der Waals surface area contributed by atoms with E-state index in [9.17, 15) is 19.2 Å². The number of amides is 3. The summed E-state index contributed by atoms with van der Waals surface area (Å²) >= 11 is 1.11. The molecule has 10 nitrogen and oxygen atoms in total. The van der Waals surface area contributed by atoms with E-state index in [2.05, 4.69) is 15.5 Å². The highest BCUT2D eigenvalue weighted by atomic mass is 32.1. The van der Waals surface area contributed by atoms with Crippen molar-refractivity contribution in [3.05, 3.63) is 64.2 Å². The van der Waals surface area contributed by atoms with E-state index in [0.29, 0.717) is 16.4 Å². The number of hydrogen-bond acceptors (Lipinski definition) is 9. The van der Waals surface area contributed by atoms with E-state index in [0.717, 1.165) is 16.2 Å². The van der Waals surface area contributed by atoms with E-state index in [4.69, 9.17) is 9.47 Å². The lowest BCUT2D eigenvalue weighted by Crippen LogP contribution is -2.29. The number of nitrogens with zero attached hydrogens (tertiary/aromatic N) is 3. The highest BCUT2D eigenvalue weighted by molar-refractivity contribution is 7.15. The number of ether oxygens (including phenoxy) is 2. The number of methoxy groups -OCH3 is 1. The van der Waals surface area contributed by atoms with Crippen LogP contribution in [0, 0.1) is 6.92 Å². The fourth-order valence-corrected chi connectivity index (χ4v) is 3.69. The predicted octanol–water partition coefficient (Wildman–Crippen LogP) is 2.45. The molecule has 2 heterocycles. The molecule has 0 bridgehead atoms. The Bertz CT molecular complexity index is 1240. The Kier molecular flexibility index (Phi) is 5.65. The first-order chi connectivity index (χ1) is 15.4. The summed E-state index contributed by atoms with van der Waals surface area (Å²) < 4.78 is 10.1. The van der Waals surface area contributed by atoms with Gasteiger partial charge in [-0.1, -0.05) is 11.3 Å². The summed E-state index contributed by atoms with van der Waals surface area (Å²) in [6.45, 7) is 1.18. The van der Waals surface area contributed by atoms with Crippen LogP contribution in [-0.2, 0) is 9.53 Å². The van der Waals surface area contributed by atoms with Crippen molar-refractivity contribution in [2.75, 3.05) is 23.9 Å².